The second kappa shape index (κ2) is 5.52. The molecule has 1 saturated heterocycles. The van der Waals surface area contributed by atoms with Crippen molar-refractivity contribution >= 4 is 21.4 Å². The Morgan fingerprint density at radius 3 is 2.84 bits per heavy atom. The van der Waals surface area contributed by atoms with Gasteiger partial charge in [0.25, 0.3) is 10.0 Å². The highest BCUT2D eigenvalue weighted by molar-refractivity contribution is 7.91. The molecule has 0 unspecified atom stereocenters. The Bertz CT molecular complexity index is 535. The maximum Gasteiger partial charge on any atom is 0.252 e. The maximum absolute atomic E-state index is 12.6. The lowest BCUT2D eigenvalue weighted by atomic mass is 9.85. The van der Waals surface area contributed by atoms with E-state index in [9.17, 15) is 8.42 Å². The lowest BCUT2D eigenvalue weighted by molar-refractivity contribution is 0.187. The average molecular weight is 302 g/mol. The zero-order valence-electron chi connectivity index (χ0n) is 11.8. The summed E-state index contributed by atoms with van der Waals surface area (Å²) in [4.78, 5) is 0. The predicted molar refractivity (Wildman–Crippen MR) is 78.9 cm³/mol. The zero-order valence-corrected chi connectivity index (χ0v) is 13.4. The molecule has 1 aromatic rings. The summed E-state index contributed by atoms with van der Waals surface area (Å²) in [5.74, 6) is 0. The third kappa shape index (κ3) is 3.37. The van der Waals surface area contributed by atoms with Gasteiger partial charge in [0.2, 0.25) is 0 Å². The van der Waals surface area contributed by atoms with Crippen LogP contribution >= 0.6 is 11.3 Å². The van der Waals surface area contributed by atoms with Crippen LogP contribution in [0.1, 0.15) is 32.3 Å². The number of sulfonamides is 1. The van der Waals surface area contributed by atoms with Gasteiger partial charge >= 0.3 is 0 Å². The van der Waals surface area contributed by atoms with Gasteiger partial charge in [0.1, 0.15) is 4.21 Å². The Morgan fingerprint density at radius 1 is 1.47 bits per heavy atom. The van der Waals surface area contributed by atoms with Crippen molar-refractivity contribution in [2.24, 2.45) is 5.41 Å². The fourth-order valence-electron chi connectivity index (χ4n) is 2.49. The number of nitrogens with one attached hydrogen (secondary N) is 1. The highest BCUT2D eigenvalue weighted by Crippen LogP contribution is 2.33. The summed E-state index contributed by atoms with van der Waals surface area (Å²) in [7, 11) is -1.45. The molecule has 6 heteroatoms. The molecular weight excluding hydrogens is 280 g/mol. The molecule has 1 aromatic heterocycles. The molecule has 0 saturated carbocycles. The van der Waals surface area contributed by atoms with Gasteiger partial charge in [-0.25, -0.2) is 8.42 Å². The number of nitrogens with zero attached hydrogens (tertiary/aromatic N) is 1. The highest BCUT2D eigenvalue weighted by atomic mass is 32.2. The average Bonchev–Trinajstić information content (AvgIpc) is 2.77. The van der Waals surface area contributed by atoms with Crippen molar-refractivity contribution < 1.29 is 8.42 Å². The lowest BCUT2D eigenvalue weighted by Gasteiger charge is -2.36. The molecular formula is C13H22N2O2S2. The first-order valence-electron chi connectivity index (χ1n) is 6.57. The van der Waals surface area contributed by atoms with Gasteiger partial charge in [0.15, 0.2) is 0 Å². The molecule has 0 radical (unpaired) electrons. The Balaban J connectivity index is 2.21. The van der Waals surface area contributed by atoms with Crippen molar-refractivity contribution in [2.75, 3.05) is 20.1 Å². The van der Waals surface area contributed by atoms with E-state index in [4.69, 9.17) is 0 Å². The first-order valence-corrected chi connectivity index (χ1v) is 8.89. The van der Waals surface area contributed by atoms with E-state index in [0.717, 1.165) is 18.4 Å². The van der Waals surface area contributed by atoms with Crippen LogP contribution in [0.3, 0.4) is 0 Å². The van der Waals surface area contributed by atoms with E-state index in [-0.39, 0.29) is 5.41 Å². The van der Waals surface area contributed by atoms with Gasteiger partial charge in [-0.15, -0.1) is 11.3 Å². The first kappa shape index (κ1) is 15.0. The minimum Gasteiger partial charge on any atom is -0.316 e. The van der Waals surface area contributed by atoms with Gasteiger partial charge in [-0.1, -0.05) is 13.8 Å². The highest BCUT2D eigenvalue weighted by Gasteiger charge is 2.34. The SMILES string of the molecule is CNCc1csc(S(=O)(=O)N2CCCC(C)(C)C2)c1. The Labute approximate surface area is 119 Å². The van der Waals surface area contributed by atoms with Gasteiger partial charge in [-0.2, -0.15) is 4.31 Å². The summed E-state index contributed by atoms with van der Waals surface area (Å²) in [5, 5.41) is 4.95. The van der Waals surface area contributed by atoms with Crippen LogP contribution in [0.15, 0.2) is 15.7 Å². The fourth-order valence-corrected chi connectivity index (χ4v) is 5.52. The quantitative estimate of drug-likeness (QED) is 0.928. The van der Waals surface area contributed by atoms with Crippen molar-refractivity contribution in [1.82, 2.24) is 9.62 Å². The normalized spacial score (nSPS) is 20.6. The molecule has 0 aromatic carbocycles. The van der Waals surface area contributed by atoms with E-state index < -0.39 is 10.0 Å². The molecule has 1 N–H and O–H groups in total. The molecule has 0 spiro atoms. The fraction of sp³-hybridized carbons (Fsp3) is 0.692. The third-order valence-corrected chi connectivity index (χ3v) is 6.78. The van der Waals surface area contributed by atoms with E-state index in [1.165, 1.54) is 11.3 Å². The molecule has 1 fully saturated rings. The van der Waals surface area contributed by atoms with Crippen molar-refractivity contribution in [3.8, 4) is 0 Å². The number of piperidine rings is 1. The molecule has 108 valence electrons. The van der Waals surface area contributed by atoms with Gasteiger partial charge < -0.3 is 5.32 Å². The van der Waals surface area contributed by atoms with Crippen molar-refractivity contribution in [3.05, 3.63) is 17.0 Å². The second-order valence-corrected chi connectivity index (χ2v) is 8.99. The van der Waals surface area contributed by atoms with Crippen LogP contribution in [0.25, 0.3) is 0 Å². The third-order valence-electron chi connectivity index (χ3n) is 3.47. The van der Waals surface area contributed by atoms with Crippen LogP contribution in [0.2, 0.25) is 0 Å². The molecule has 1 aliphatic rings. The smallest absolute Gasteiger partial charge is 0.252 e. The number of rotatable bonds is 4. The molecule has 0 aliphatic carbocycles. The van der Waals surface area contributed by atoms with E-state index in [0.29, 0.717) is 23.8 Å². The van der Waals surface area contributed by atoms with Crippen LogP contribution in [0, 0.1) is 5.41 Å². The molecule has 2 heterocycles. The van der Waals surface area contributed by atoms with E-state index in [2.05, 4.69) is 19.2 Å². The summed E-state index contributed by atoms with van der Waals surface area (Å²) < 4.78 is 27.3. The zero-order chi connectivity index (χ0) is 14.1. The molecule has 2 rings (SSSR count). The van der Waals surface area contributed by atoms with Gasteiger partial charge in [-0.3, -0.25) is 0 Å². The maximum atomic E-state index is 12.6. The summed E-state index contributed by atoms with van der Waals surface area (Å²) >= 11 is 1.32. The Hall–Kier alpha value is -0.430. The standard InChI is InChI=1S/C13H22N2O2S2/c1-13(2)5-4-6-15(10-13)19(16,17)12-7-11(8-14-3)9-18-12/h7,9,14H,4-6,8,10H2,1-3H3. The molecule has 0 bridgehead atoms. The van der Waals surface area contributed by atoms with E-state index in [1.54, 1.807) is 10.4 Å². The predicted octanol–water partition coefficient (Wildman–Crippen LogP) is 2.28. The van der Waals surface area contributed by atoms with Crippen LogP contribution in [0.5, 0.6) is 0 Å². The van der Waals surface area contributed by atoms with Crippen LogP contribution in [-0.4, -0.2) is 32.9 Å². The number of hydrogen-bond acceptors (Lipinski definition) is 4. The lowest BCUT2D eigenvalue weighted by Crippen LogP contribution is -2.43. The summed E-state index contributed by atoms with van der Waals surface area (Å²) in [6.07, 6.45) is 2.04. The van der Waals surface area contributed by atoms with E-state index >= 15 is 0 Å². The molecule has 0 amide bonds. The molecule has 4 nitrogen and oxygen atoms in total. The van der Waals surface area contributed by atoms with Crippen LogP contribution in [0.4, 0.5) is 0 Å². The monoisotopic (exact) mass is 302 g/mol. The molecule has 19 heavy (non-hydrogen) atoms. The van der Waals surface area contributed by atoms with Crippen LogP contribution in [-0.2, 0) is 16.6 Å². The minimum absolute atomic E-state index is 0.0797. The Kier molecular flexibility index (Phi) is 4.35. The summed E-state index contributed by atoms with van der Waals surface area (Å²) in [6, 6.07) is 1.79. The minimum atomic E-state index is -3.31. The largest absolute Gasteiger partial charge is 0.316 e. The van der Waals surface area contributed by atoms with Crippen molar-refractivity contribution in [3.63, 3.8) is 0 Å². The van der Waals surface area contributed by atoms with Crippen molar-refractivity contribution in [1.29, 1.82) is 0 Å². The topological polar surface area (TPSA) is 49.4 Å². The summed E-state index contributed by atoms with van der Waals surface area (Å²) in [5.41, 5.74) is 1.11. The van der Waals surface area contributed by atoms with Gasteiger partial charge in [0.05, 0.1) is 0 Å². The van der Waals surface area contributed by atoms with E-state index in [1.807, 2.05) is 12.4 Å². The van der Waals surface area contributed by atoms with Gasteiger partial charge in [0, 0.05) is 19.6 Å². The number of thiophene rings is 1. The van der Waals surface area contributed by atoms with Crippen LogP contribution < -0.4 is 5.32 Å². The first-order chi connectivity index (χ1) is 8.85. The number of hydrogen-bond donors (Lipinski definition) is 1. The molecule has 1 aliphatic heterocycles. The second-order valence-electron chi connectivity index (χ2n) is 5.91. The Morgan fingerprint density at radius 2 is 2.21 bits per heavy atom. The van der Waals surface area contributed by atoms with Gasteiger partial charge in [-0.05, 0) is 42.3 Å². The molecule has 0 atom stereocenters. The summed E-state index contributed by atoms with van der Waals surface area (Å²) in [6.45, 7) is 6.24. The van der Waals surface area contributed by atoms with Crippen molar-refractivity contribution in [2.45, 2.75) is 37.4 Å².